The predicted molar refractivity (Wildman–Crippen MR) is 107 cm³/mol. The van der Waals surface area contributed by atoms with Crippen LogP contribution in [0.25, 0.3) is 21.8 Å². The molecule has 0 bridgehead atoms. The summed E-state index contributed by atoms with van der Waals surface area (Å²) >= 11 is 0. The van der Waals surface area contributed by atoms with Gasteiger partial charge in [-0.25, -0.2) is 4.68 Å². The van der Waals surface area contributed by atoms with Gasteiger partial charge in [-0.05, 0) is 23.1 Å². The van der Waals surface area contributed by atoms with Crippen LogP contribution in [0.15, 0.2) is 91.0 Å². The average molecular weight is 351 g/mol. The Bertz CT molecular complexity index is 1240. The number of aromatic hydroxyl groups is 1. The first-order valence-electron chi connectivity index (χ1n) is 8.88. The second-order valence-electron chi connectivity index (χ2n) is 6.56. The van der Waals surface area contributed by atoms with E-state index in [2.05, 4.69) is 22.4 Å². The monoisotopic (exact) mass is 351 g/mol. The van der Waals surface area contributed by atoms with Crippen LogP contribution < -0.4 is 0 Å². The molecular weight excluding hydrogens is 334 g/mol. The molecule has 1 N–H and O–H groups in total. The number of fused-ring (bicyclic) bond motifs is 2. The Hall–Kier alpha value is -3.66. The van der Waals surface area contributed by atoms with Crippen molar-refractivity contribution in [3.05, 3.63) is 102 Å². The molecule has 5 aromatic rings. The van der Waals surface area contributed by atoms with Crippen molar-refractivity contribution in [2.75, 3.05) is 0 Å². The van der Waals surface area contributed by atoms with E-state index in [1.807, 2.05) is 83.5 Å². The number of hydrogen-bond donors (Lipinski definition) is 1. The summed E-state index contributed by atoms with van der Waals surface area (Å²) in [4.78, 5) is 0. The number of phenols is 1. The summed E-state index contributed by atoms with van der Waals surface area (Å²) in [6.45, 7) is 0. The van der Waals surface area contributed by atoms with E-state index in [-0.39, 0.29) is 11.8 Å². The van der Waals surface area contributed by atoms with Gasteiger partial charge in [0.05, 0.1) is 5.52 Å². The zero-order valence-electron chi connectivity index (χ0n) is 14.5. The van der Waals surface area contributed by atoms with E-state index in [0.29, 0.717) is 0 Å². The highest BCUT2D eigenvalue weighted by atomic mass is 16.3. The fraction of sp³-hybridized carbons (Fsp3) is 0.0435. The molecule has 1 heterocycles. The van der Waals surface area contributed by atoms with E-state index >= 15 is 0 Å². The maximum Gasteiger partial charge on any atom is 0.129 e. The van der Waals surface area contributed by atoms with E-state index in [0.717, 1.165) is 32.9 Å². The van der Waals surface area contributed by atoms with Gasteiger partial charge in [0.15, 0.2) is 0 Å². The van der Waals surface area contributed by atoms with Crippen molar-refractivity contribution in [3.8, 4) is 5.75 Å². The molecule has 130 valence electrons. The van der Waals surface area contributed by atoms with E-state index in [9.17, 15) is 5.11 Å². The lowest BCUT2D eigenvalue weighted by molar-refractivity contribution is 0.462. The molecule has 0 aliphatic rings. The quantitative estimate of drug-likeness (QED) is 0.501. The van der Waals surface area contributed by atoms with Crippen LogP contribution in [0, 0.1) is 0 Å². The van der Waals surface area contributed by atoms with Gasteiger partial charge < -0.3 is 5.11 Å². The molecule has 0 saturated heterocycles. The zero-order valence-corrected chi connectivity index (χ0v) is 14.5. The van der Waals surface area contributed by atoms with Gasteiger partial charge in [-0.1, -0.05) is 84.1 Å². The van der Waals surface area contributed by atoms with Gasteiger partial charge in [-0.2, -0.15) is 0 Å². The molecule has 0 spiro atoms. The fourth-order valence-electron chi connectivity index (χ4n) is 3.66. The highest BCUT2D eigenvalue weighted by Crippen LogP contribution is 2.38. The van der Waals surface area contributed by atoms with Crippen LogP contribution in [0.2, 0.25) is 0 Å². The number of rotatable bonds is 3. The molecule has 0 aliphatic heterocycles. The van der Waals surface area contributed by atoms with Crippen LogP contribution >= 0.6 is 0 Å². The molecule has 0 amide bonds. The standard InChI is InChI=1S/C23H17N3O/c27-23-18-11-5-4-8-16(18)14-15-19(23)22(17-9-2-1-3-10-17)26-21-13-7-6-12-20(21)24-25-26/h1-15,22,27H. The minimum atomic E-state index is -0.275. The number of aromatic nitrogens is 3. The fourth-order valence-corrected chi connectivity index (χ4v) is 3.66. The first kappa shape index (κ1) is 15.6. The van der Waals surface area contributed by atoms with Gasteiger partial charge in [0.1, 0.15) is 17.3 Å². The molecule has 4 aromatic carbocycles. The lowest BCUT2D eigenvalue weighted by Gasteiger charge is -2.21. The van der Waals surface area contributed by atoms with Gasteiger partial charge in [0.25, 0.3) is 0 Å². The normalized spacial score (nSPS) is 12.4. The zero-order chi connectivity index (χ0) is 18.2. The van der Waals surface area contributed by atoms with Crippen molar-refractivity contribution >= 4 is 21.8 Å². The minimum Gasteiger partial charge on any atom is -0.507 e. The minimum absolute atomic E-state index is 0.275. The summed E-state index contributed by atoms with van der Waals surface area (Å²) < 4.78 is 1.88. The largest absolute Gasteiger partial charge is 0.507 e. The molecule has 27 heavy (non-hydrogen) atoms. The van der Waals surface area contributed by atoms with Crippen LogP contribution in [0.5, 0.6) is 5.75 Å². The van der Waals surface area contributed by atoms with E-state index in [1.54, 1.807) is 0 Å². The van der Waals surface area contributed by atoms with Crippen LogP contribution in [0.1, 0.15) is 17.2 Å². The van der Waals surface area contributed by atoms with Crippen LogP contribution in [-0.2, 0) is 0 Å². The summed E-state index contributed by atoms with van der Waals surface area (Å²) in [6.07, 6.45) is 0. The first-order valence-corrected chi connectivity index (χ1v) is 8.88. The van der Waals surface area contributed by atoms with Crippen molar-refractivity contribution in [3.63, 3.8) is 0 Å². The van der Waals surface area contributed by atoms with E-state index in [1.165, 1.54) is 0 Å². The van der Waals surface area contributed by atoms with Gasteiger partial charge in [-0.15, -0.1) is 5.10 Å². The SMILES string of the molecule is Oc1c(C(c2ccccc2)n2nnc3ccccc32)ccc2ccccc12. The molecule has 1 atom stereocenters. The Morgan fingerprint density at radius 1 is 0.741 bits per heavy atom. The molecule has 4 heteroatoms. The molecule has 0 aliphatic carbocycles. The predicted octanol–water partition coefficient (Wildman–Crippen LogP) is 4.93. The Morgan fingerprint density at radius 2 is 1.48 bits per heavy atom. The van der Waals surface area contributed by atoms with Crippen LogP contribution in [0.4, 0.5) is 0 Å². The highest BCUT2D eigenvalue weighted by Gasteiger charge is 2.23. The average Bonchev–Trinajstić information content (AvgIpc) is 3.15. The summed E-state index contributed by atoms with van der Waals surface area (Å²) in [6, 6.07) is 29.6. The van der Waals surface area contributed by atoms with Gasteiger partial charge in [0, 0.05) is 10.9 Å². The van der Waals surface area contributed by atoms with Gasteiger partial charge >= 0.3 is 0 Å². The molecule has 1 aromatic heterocycles. The highest BCUT2D eigenvalue weighted by molar-refractivity contribution is 5.89. The van der Waals surface area contributed by atoms with Gasteiger partial charge in [0.2, 0.25) is 0 Å². The van der Waals surface area contributed by atoms with Crippen molar-refractivity contribution in [1.29, 1.82) is 0 Å². The topological polar surface area (TPSA) is 50.9 Å². The number of benzene rings is 4. The Kier molecular flexibility index (Phi) is 3.61. The molecule has 0 saturated carbocycles. The smallest absolute Gasteiger partial charge is 0.129 e. The molecular formula is C23H17N3O. The molecule has 1 unspecified atom stereocenters. The van der Waals surface area contributed by atoms with E-state index < -0.39 is 0 Å². The molecule has 0 fully saturated rings. The number of phenolic OH excluding ortho intramolecular Hbond substituents is 1. The lowest BCUT2D eigenvalue weighted by Crippen LogP contribution is -2.14. The second-order valence-corrected chi connectivity index (χ2v) is 6.56. The van der Waals surface area contributed by atoms with Crippen LogP contribution in [-0.4, -0.2) is 20.1 Å². The Morgan fingerprint density at radius 3 is 2.37 bits per heavy atom. The Balaban J connectivity index is 1.81. The van der Waals surface area contributed by atoms with Crippen molar-refractivity contribution in [1.82, 2.24) is 15.0 Å². The van der Waals surface area contributed by atoms with Crippen LogP contribution in [0.3, 0.4) is 0 Å². The lowest BCUT2D eigenvalue weighted by atomic mass is 9.95. The van der Waals surface area contributed by atoms with Gasteiger partial charge in [-0.3, -0.25) is 0 Å². The first-order chi connectivity index (χ1) is 13.3. The van der Waals surface area contributed by atoms with Crippen molar-refractivity contribution < 1.29 is 5.11 Å². The summed E-state index contributed by atoms with van der Waals surface area (Å²) in [7, 11) is 0. The third kappa shape index (κ3) is 2.54. The maximum atomic E-state index is 11.1. The number of hydrogen-bond acceptors (Lipinski definition) is 3. The number of para-hydroxylation sites is 1. The maximum absolute atomic E-state index is 11.1. The summed E-state index contributed by atoms with van der Waals surface area (Å²) in [5.74, 6) is 0.279. The third-order valence-electron chi connectivity index (χ3n) is 4.96. The Labute approximate surface area is 156 Å². The van der Waals surface area contributed by atoms with Crippen molar-refractivity contribution in [2.45, 2.75) is 6.04 Å². The second kappa shape index (κ2) is 6.25. The molecule has 0 radical (unpaired) electrons. The third-order valence-corrected chi connectivity index (χ3v) is 4.96. The summed E-state index contributed by atoms with van der Waals surface area (Å²) in [5.41, 5.74) is 3.60. The molecule has 4 nitrogen and oxygen atoms in total. The number of nitrogens with zero attached hydrogens (tertiary/aromatic N) is 3. The molecule has 5 rings (SSSR count). The van der Waals surface area contributed by atoms with Crippen molar-refractivity contribution in [2.24, 2.45) is 0 Å². The van der Waals surface area contributed by atoms with E-state index in [4.69, 9.17) is 0 Å². The summed E-state index contributed by atoms with van der Waals surface area (Å²) in [5, 5.41) is 21.7.